The van der Waals surface area contributed by atoms with Crippen LogP contribution in [0, 0.1) is 0 Å². The SMILES string of the molecule is CCCCCCCCCC(CCCCCCCC)OOS(=O)(=O)OCC.[NaH]. The quantitative estimate of drug-likeness (QED) is 0.108. The Kier molecular flexibility index (Phi) is 24.0. The van der Waals surface area contributed by atoms with E-state index in [1.165, 1.54) is 57.8 Å². The first-order chi connectivity index (χ1) is 12.6. The van der Waals surface area contributed by atoms with Gasteiger partial charge >= 0.3 is 40.0 Å². The first-order valence-electron chi connectivity index (χ1n) is 10.8. The molecule has 1 atom stereocenters. The molecule has 1 unspecified atom stereocenters. The van der Waals surface area contributed by atoms with E-state index in [4.69, 9.17) is 4.89 Å². The van der Waals surface area contributed by atoms with Gasteiger partial charge < -0.3 is 0 Å². The fourth-order valence-corrected chi connectivity index (χ4v) is 3.52. The number of hydrogen-bond donors (Lipinski definition) is 0. The molecule has 0 saturated heterocycles. The van der Waals surface area contributed by atoms with Gasteiger partial charge in [0.05, 0.1) is 12.7 Å². The predicted octanol–water partition coefficient (Wildman–Crippen LogP) is 5.83. The van der Waals surface area contributed by atoms with Gasteiger partial charge in [0.15, 0.2) is 0 Å². The van der Waals surface area contributed by atoms with E-state index in [2.05, 4.69) is 22.4 Å². The van der Waals surface area contributed by atoms with Gasteiger partial charge in [0, 0.05) is 0 Å². The van der Waals surface area contributed by atoms with E-state index in [0.717, 1.165) is 38.5 Å². The third-order valence-electron chi connectivity index (χ3n) is 4.53. The normalized spacial score (nSPS) is 12.7. The molecule has 0 saturated carbocycles. The van der Waals surface area contributed by atoms with E-state index < -0.39 is 10.4 Å². The standard InChI is InChI=1S/C20H42O5S.Na.H/c1-4-7-9-11-13-15-17-19-20(18-16-14-12-10-8-5-2)24-25-26(21,22)23-6-3;;/h20H,4-19H2,1-3H3;;. The Bertz CT molecular complexity index is 390. The molecule has 0 aliphatic carbocycles. The molecule has 0 spiro atoms. The molecule has 0 rings (SSSR count). The summed E-state index contributed by atoms with van der Waals surface area (Å²) in [5.74, 6) is 0. The van der Waals surface area contributed by atoms with Crippen LogP contribution in [0.2, 0.25) is 0 Å². The fraction of sp³-hybridized carbons (Fsp3) is 1.00. The third kappa shape index (κ3) is 21.4. The predicted molar refractivity (Wildman–Crippen MR) is 114 cm³/mol. The summed E-state index contributed by atoms with van der Waals surface area (Å²) in [6.07, 6.45) is 17.4. The summed E-state index contributed by atoms with van der Waals surface area (Å²) >= 11 is 0. The zero-order chi connectivity index (χ0) is 19.5. The van der Waals surface area contributed by atoms with Crippen LogP contribution in [0.4, 0.5) is 0 Å². The Morgan fingerprint density at radius 3 is 1.48 bits per heavy atom. The van der Waals surface area contributed by atoms with Crippen molar-refractivity contribution in [3.8, 4) is 0 Å². The third-order valence-corrected chi connectivity index (χ3v) is 5.30. The van der Waals surface area contributed by atoms with Crippen LogP contribution in [0.15, 0.2) is 0 Å². The Morgan fingerprint density at radius 1 is 0.667 bits per heavy atom. The van der Waals surface area contributed by atoms with Crippen LogP contribution < -0.4 is 0 Å². The Labute approximate surface area is 190 Å². The zero-order valence-electron chi connectivity index (χ0n) is 17.3. The topological polar surface area (TPSA) is 61.8 Å². The van der Waals surface area contributed by atoms with E-state index in [-0.39, 0.29) is 42.3 Å². The summed E-state index contributed by atoms with van der Waals surface area (Å²) in [6.45, 7) is 6.08. The van der Waals surface area contributed by atoms with Crippen LogP contribution in [0.1, 0.15) is 117 Å². The zero-order valence-corrected chi connectivity index (χ0v) is 18.2. The van der Waals surface area contributed by atoms with Crippen molar-refractivity contribution in [2.45, 2.75) is 123 Å². The molecule has 0 radical (unpaired) electrons. The molecule has 7 heteroatoms. The first kappa shape index (κ1) is 30.0. The minimum absolute atomic E-state index is 0. The van der Waals surface area contributed by atoms with Crippen molar-refractivity contribution < 1.29 is 21.8 Å². The average Bonchev–Trinajstić information content (AvgIpc) is 2.61. The molecule has 27 heavy (non-hydrogen) atoms. The van der Waals surface area contributed by atoms with Gasteiger partial charge in [-0.3, -0.25) is 0 Å². The van der Waals surface area contributed by atoms with E-state index in [0.29, 0.717) is 0 Å². The summed E-state index contributed by atoms with van der Waals surface area (Å²) in [4.78, 5) is 5.22. The van der Waals surface area contributed by atoms with Crippen molar-refractivity contribution in [3.63, 3.8) is 0 Å². The molecule has 0 aromatic rings. The number of hydrogen-bond acceptors (Lipinski definition) is 5. The maximum atomic E-state index is 11.5. The average molecular weight is 419 g/mol. The van der Waals surface area contributed by atoms with Crippen LogP contribution in [0.25, 0.3) is 0 Å². The summed E-state index contributed by atoms with van der Waals surface area (Å²) in [5.41, 5.74) is 0. The molecule has 0 heterocycles. The molecule has 0 amide bonds. The molecule has 0 aliphatic heterocycles. The van der Waals surface area contributed by atoms with Crippen molar-refractivity contribution in [2.75, 3.05) is 6.61 Å². The van der Waals surface area contributed by atoms with Gasteiger partial charge in [-0.05, 0) is 19.8 Å². The minimum atomic E-state index is -4.04. The summed E-state index contributed by atoms with van der Waals surface area (Å²) < 4.78 is 32.1. The molecule has 0 fully saturated rings. The first-order valence-corrected chi connectivity index (χ1v) is 12.1. The second kappa shape index (κ2) is 21.5. The van der Waals surface area contributed by atoms with Gasteiger partial charge in [-0.15, -0.1) is 0 Å². The van der Waals surface area contributed by atoms with Crippen LogP contribution in [-0.4, -0.2) is 50.7 Å². The molecule has 0 aromatic heterocycles. The van der Waals surface area contributed by atoms with Gasteiger partial charge in [0.25, 0.3) is 0 Å². The van der Waals surface area contributed by atoms with Crippen molar-refractivity contribution in [1.82, 2.24) is 0 Å². The number of rotatable bonds is 20. The summed E-state index contributed by atoms with van der Waals surface area (Å²) in [7, 11) is -4.04. The summed E-state index contributed by atoms with van der Waals surface area (Å²) in [6, 6.07) is 0. The van der Waals surface area contributed by atoms with E-state index in [9.17, 15) is 8.42 Å². The summed E-state index contributed by atoms with van der Waals surface area (Å²) in [5, 5.41) is 0. The van der Waals surface area contributed by atoms with Crippen LogP contribution in [-0.2, 0) is 23.8 Å². The molecule has 160 valence electrons. The van der Waals surface area contributed by atoms with Gasteiger partial charge in [-0.1, -0.05) is 102 Å². The van der Waals surface area contributed by atoms with Crippen molar-refractivity contribution >= 4 is 40.0 Å². The fourth-order valence-electron chi connectivity index (χ4n) is 2.99. The number of unbranched alkanes of at least 4 members (excludes halogenated alkanes) is 11. The molecular weight excluding hydrogens is 375 g/mol. The van der Waals surface area contributed by atoms with Gasteiger partial charge in [-0.2, -0.15) is 8.42 Å². The molecule has 5 nitrogen and oxygen atoms in total. The van der Waals surface area contributed by atoms with Gasteiger partial charge in [0.1, 0.15) is 0 Å². The van der Waals surface area contributed by atoms with Gasteiger partial charge in [-0.25, -0.2) is 9.07 Å². The van der Waals surface area contributed by atoms with Crippen molar-refractivity contribution in [1.29, 1.82) is 0 Å². The maximum absolute atomic E-state index is 11.5. The molecule has 0 aliphatic rings. The Morgan fingerprint density at radius 2 is 1.07 bits per heavy atom. The molecule has 0 N–H and O–H groups in total. The molecular formula is C20H43NaO5S. The second-order valence-electron chi connectivity index (χ2n) is 7.07. The molecule has 0 bridgehead atoms. The Balaban J connectivity index is 0. The van der Waals surface area contributed by atoms with Crippen LogP contribution >= 0.6 is 0 Å². The van der Waals surface area contributed by atoms with Crippen molar-refractivity contribution in [3.05, 3.63) is 0 Å². The Hall–Kier alpha value is 0.830. The van der Waals surface area contributed by atoms with E-state index in [1.54, 1.807) is 6.92 Å². The van der Waals surface area contributed by atoms with Crippen molar-refractivity contribution in [2.24, 2.45) is 0 Å². The monoisotopic (exact) mass is 418 g/mol. The molecule has 0 aromatic carbocycles. The van der Waals surface area contributed by atoms with Crippen LogP contribution in [0.3, 0.4) is 0 Å². The van der Waals surface area contributed by atoms with Crippen LogP contribution in [0.5, 0.6) is 0 Å². The van der Waals surface area contributed by atoms with Gasteiger partial charge in [0.2, 0.25) is 0 Å². The van der Waals surface area contributed by atoms with E-state index in [1.807, 2.05) is 0 Å². The van der Waals surface area contributed by atoms with E-state index >= 15 is 0 Å². The second-order valence-corrected chi connectivity index (χ2v) is 8.26.